The van der Waals surface area contributed by atoms with Crippen LogP contribution in [0.15, 0.2) is 18.2 Å². The van der Waals surface area contributed by atoms with Gasteiger partial charge in [0, 0.05) is 26.1 Å². The molecular weight excluding hydrogens is 248 g/mol. The van der Waals surface area contributed by atoms with Gasteiger partial charge in [-0.05, 0) is 34.9 Å². The van der Waals surface area contributed by atoms with E-state index in [1.165, 1.54) is 16.7 Å². The number of fused-ring (bicyclic) bond motifs is 1. The molecule has 0 saturated carbocycles. The maximum atomic E-state index is 11.9. The first-order valence-electron chi connectivity index (χ1n) is 7.62. The van der Waals surface area contributed by atoms with Crippen LogP contribution in [0.1, 0.15) is 50.3 Å². The fraction of sp³-hybridized carbons (Fsp3) is 0.588. The van der Waals surface area contributed by atoms with Gasteiger partial charge in [0.05, 0.1) is 0 Å². The first-order valence-corrected chi connectivity index (χ1v) is 7.62. The van der Waals surface area contributed by atoms with Crippen LogP contribution < -0.4 is 10.6 Å². The minimum atomic E-state index is 0.164. The Morgan fingerprint density at radius 3 is 2.75 bits per heavy atom. The van der Waals surface area contributed by atoms with Gasteiger partial charge in [-0.2, -0.15) is 0 Å². The van der Waals surface area contributed by atoms with Crippen LogP contribution in [-0.2, 0) is 24.4 Å². The Morgan fingerprint density at radius 1 is 1.25 bits per heavy atom. The van der Waals surface area contributed by atoms with Crippen molar-refractivity contribution in [2.24, 2.45) is 11.8 Å². The zero-order valence-corrected chi connectivity index (χ0v) is 12.8. The lowest BCUT2D eigenvalue weighted by molar-refractivity contribution is -0.122. The van der Waals surface area contributed by atoms with Crippen molar-refractivity contribution >= 4 is 5.91 Å². The van der Waals surface area contributed by atoms with Gasteiger partial charge in [0.2, 0.25) is 5.91 Å². The lowest BCUT2D eigenvalue weighted by Gasteiger charge is -2.14. The van der Waals surface area contributed by atoms with Gasteiger partial charge < -0.3 is 10.6 Å². The first-order chi connectivity index (χ1) is 9.54. The Labute approximate surface area is 122 Å². The van der Waals surface area contributed by atoms with Gasteiger partial charge in [-0.15, -0.1) is 0 Å². The predicted molar refractivity (Wildman–Crippen MR) is 82.1 cm³/mol. The van der Waals surface area contributed by atoms with Crippen molar-refractivity contribution in [3.05, 3.63) is 34.9 Å². The van der Waals surface area contributed by atoms with Gasteiger partial charge in [0.15, 0.2) is 0 Å². The van der Waals surface area contributed by atoms with Crippen LogP contribution in [0.25, 0.3) is 0 Å². The topological polar surface area (TPSA) is 41.1 Å². The number of carbonyl (C=O) groups excluding carboxylic acids is 1. The molecule has 3 nitrogen and oxygen atoms in total. The van der Waals surface area contributed by atoms with Gasteiger partial charge in [0.25, 0.3) is 0 Å². The molecule has 1 unspecified atom stereocenters. The van der Waals surface area contributed by atoms with Crippen molar-refractivity contribution in [1.82, 2.24) is 10.6 Å². The summed E-state index contributed by atoms with van der Waals surface area (Å²) in [5.41, 5.74) is 3.94. The van der Waals surface area contributed by atoms with Gasteiger partial charge in [-0.1, -0.05) is 39.0 Å². The van der Waals surface area contributed by atoms with E-state index in [-0.39, 0.29) is 5.91 Å². The standard InChI is InChI=1S/C17H26N2O/c1-12(2)6-13(3)7-17(20)19-9-14-4-5-15-10-18-11-16(15)8-14/h4-5,8,12-13,18H,6-7,9-11H2,1-3H3,(H,19,20). The molecule has 1 atom stereocenters. The third-order valence-corrected chi connectivity index (χ3v) is 3.80. The zero-order chi connectivity index (χ0) is 14.5. The summed E-state index contributed by atoms with van der Waals surface area (Å²) >= 11 is 0. The van der Waals surface area contributed by atoms with E-state index in [0.29, 0.717) is 24.8 Å². The normalized spacial score (nSPS) is 15.2. The third kappa shape index (κ3) is 4.34. The maximum Gasteiger partial charge on any atom is 0.220 e. The number of rotatable bonds is 6. The van der Waals surface area contributed by atoms with E-state index in [1.807, 2.05) is 0 Å². The van der Waals surface area contributed by atoms with E-state index in [4.69, 9.17) is 0 Å². The molecule has 0 spiro atoms. The molecule has 0 radical (unpaired) electrons. The molecule has 1 heterocycles. The van der Waals surface area contributed by atoms with Crippen LogP contribution in [0.5, 0.6) is 0 Å². The van der Waals surface area contributed by atoms with Gasteiger partial charge in [0.1, 0.15) is 0 Å². The highest BCUT2D eigenvalue weighted by atomic mass is 16.1. The molecule has 0 aromatic heterocycles. The number of hydrogen-bond acceptors (Lipinski definition) is 2. The maximum absolute atomic E-state index is 11.9. The van der Waals surface area contributed by atoms with Crippen molar-refractivity contribution in [3.63, 3.8) is 0 Å². The summed E-state index contributed by atoms with van der Waals surface area (Å²) in [7, 11) is 0. The lowest BCUT2D eigenvalue weighted by Crippen LogP contribution is -2.24. The van der Waals surface area contributed by atoms with Crippen LogP contribution in [0.3, 0.4) is 0 Å². The monoisotopic (exact) mass is 274 g/mol. The Morgan fingerprint density at radius 2 is 2.00 bits per heavy atom. The van der Waals surface area contributed by atoms with Crippen molar-refractivity contribution < 1.29 is 4.79 Å². The second-order valence-corrected chi connectivity index (χ2v) is 6.42. The number of nitrogens with one attached hydrogen (secondary N) is 2. The van der Waals surface area contributed by atoms with Crippen molar-refractivity contribution in [1.29, 1.82) is 0 Å². The first kappa shape index (κ1) is 15.0. The van der Waals surface area contributed by atoms with Crippen molar-refractivity contribution in [3.8, 4) is 0 Å². The Hall–Kier alpha value is -1.35. The lowest BCUT2D eigenvalue weighted by atomic mass is 9.96. The zero-order valence-electron chi connectivity index (χ0n) is 12.8. The molecule has 1 aromatic rings. The molecular formula is C17H26N2O. The molecule has 0 aliphatic carbocycles. The molecule has 1 aromatic carbocycles. The Kier molecular flexibility index (Phi) is 5.18. The third-order valence-electron chi connectivity index (χ3n) is 3.80. The molecule has 3 heteroatoms. The van der Waals surface area contributed by atoms with Crippen molar-refractivity contribution in [2.45, 2.75) is 53.2 Å². The largest absolute Gasteiger partial charge is 0.352 e. The van der Waals surface area contributed by atoms with E-state index in [9.17, 15) is 4.79 Å². The molecule has 20 heavy (non-hydrogen) atoms. The van der Waals surface area contributed by atoms with Crippen LogP contribution in [0.2, 0.25) is 0 Å². The average molecular weight is 274 g/mol. The second kappa shape index (κ2) is 6.89. The molecule has 1 amide bonds. The summed E-state index contributed by atoms with van der Waals surface area (Å²) in [4.78, 5) is 11.9. The highest BCUT2D eigenvalue weighted by molar-refractivity contribution is 5.76. The SMILES string of the molecule is CC(C)CC(C)CC(=O)NCc1ccc2c(c1)CNC2. The number of amides is 1. The Balaban J connectivity index is 1.78. The fourth-order valence-electron chi connectivity index (χ4n) is 2.94. The summed E-state index contributed by atoms with van der Waals surface area (Å²) in [5, 5.41) is 6.37. The van der Waals surface area contributed by atoms with Gasteiger partial charge in [-0.25, -0.2) is 0 Å². The summed E-state index contributed by atoms with van der Waals surface area (Å²) < 4.78 is 0. The average Bonchev–Trinajstić information content (AvgIpc) is 2.82. The number of carbonyl (C=O) groups is 1. The molecule has 0 fully saturated rings. The van der Waals surface area contributed by atoms with Gasteiger partial charge in [-0.3, -0.25) is 4.79 Å². The Bertz CT molecular complexity index is 468. The second-order valence-electron chi connectivity index (χ2n) is 6.42. The highest BCUT2D eigenvalue weighted by Gasteiger charge is 2.12. The molecule has 1 aliphatic rings. The summed E-state index contributed by atoms with van der Waals surface area (Å²) in [6, 6.07) is 6.48. The minimum absolute atomic E-state index is 0.164. The molecule has 0 bridgehead atoms. The van der Waals surface area contributed by atoms with Crippen LogP contribution in [-0.4, -0.2) is 5.91 Å². The predicted octanol–water partition coefficient (Wildman–Crippen LogP) is 2.98. The van der Waals surface area contributed by atoms with Gasteiger partial charge >= 0.3 is 0 Å². The fourth-order valence-corrected chi connectivity index (χ4v) is 2.94. The summed E-state index contributed by atoms with van der Waals surface area (Å²) in [6.45, 7) is 9.11. The highest BCUT2D eigenvalue weighted by Crippen LogP contribution is 2.17. The molecule has 0 saturated heterocycles. The van der Waals surface area contributed by atoms with E-state index in [2.05, 4.69) is 49.6 Å². The number of benzene rings is 1. The van der Waals surface area contributed by atoms with Crippen LogP contribution in [0, 0.1) is 11.8 Å². The van der Waals surface area contributed by atoms with E-state index < -0.39 is 0 Å². The van der Waals surface area contributed by atoms with E-state index in [1.54, 1.807) is 0 Å². The van der Waals surface area contributed by atoms with E-state index in [0.717, 1.165) is 19.5 Å². The van der Waals surface area contributed by atoms with Crippen LogP contribution in [0.4, 0.5) is 0 Å². The minimum Gasteiger partial charge on any atom is -0.352 e. The van der Waals surface area contributed by atoms with E-state index >= 15 is 0 Å². The molecule has 1 aliphatic heterocycles. The van der Waals surface area contributed by atoms with Crippen LogP contribution >= 0.6 is 0 Å². The molecule has 2 rings (SSSR count). The number of hydrogen-bond donors (Lipinski definition) is 2. The molecule has 2 N–H and O–H groups in total. The summed E-state index contributed by atoms with van der Waals surface area (Å²) in [5.74, 6) is 1.28. The molecule has 110 valence electrons. The summed E-state index contributed by atoms with van der Waals surface area (Å²) in [6.07, 6.45) is 1.74. The van der Waals surface area contributed by atoms with Crippen molar-refractivity contribution in [2.75, 3.05) is 0 Å². The quantitative estimate of drug-likeness (QED) is 0.837. The smallest absolute Gasteiger partial charge is 0.220 e.